The van der Waals surface area contributed by atoms with Crippen LogP contribution >= 0.6 is 11.8 Å². The minimum atomic E-state index is -1.19. The van der Waals surface area contributed by atoms with Crippen LogP contribution < -0.4 is 0 Å². The minimum absolute atomic E-state index is 0.509. The maximum atomic E-state index is 10.6. The van der Waals surface area contributed by atoms with Crippen LogP contribution in [-0.2, 0) is 9.59 Å². The second-order valence-electron chi connectivity index (χ2n) is 1.72. The molecule has 0 saturated carbocycles. The quantitative estimate of drug-likeness (QED) is 0.607. The number of aliphatic carboxylic acids is 1. The summed E-state index contributed by atoms with van der Waals surface area (Å²) in [5.74, 6) is -1.91. The molecule has 0 fully saturated rings. The number of carboxylic acid groups (broad SMARTS) is 1. The van der Waals surface area contributed by atoms with E-state index in [1.54, 1.807) is 0 Å². The molecule has 5 heteroatoms. The lowest BCUT2D eigenvalue weighted by Gasteiger charge is -2.14. The molecule has 0 bridgehead atoms. The molecule has 10 heavy (non-hydrogen) atoms. The van der Waals surface area contributed by atoms with E-state index < -0.39 is 24.8 Å². The van der Waals surface area contributed by atoms with E-state index >= 15 is 0 Å². The second kappa shape index (κ2) is 3.41. The van der Waals surface area contributed by atoms with Gasteiger partial charge in [-0.05, 0) is 6.92 Å². The van der Waals surface area contributed by atoms with Crippen molar-refractivity contribution in [2.75, 3.05) is 0 Å². The van der Waals surface area contributed by atoms with Gasteiger partial charge in [-0.15, -0.1) is 0 Å². The fourth-order valence-electron chi connectivity index (χ4n) is 0.313. The third-order valence-corrected chi connectivity index (χ3v) is 1.42. The van der Waals surface area contributed by atoms with Crippen molar-refractivity contribution in [1.82, 2.24) is 4.42 Å². The number of amides is 1. The van der Waals surface area contributed by atoms with Crippen LogP contribution in [0, 0.1) is 0 Å². The maximum Gasteiger partial charge on any atom is 0.327 e. The Labute approximate surface area is 64.9 Å². The Morgan fingerprint density at radius 3 is 2.60 bits per heavy atom. The van der Waals surface area contributed by atoms with Gasteiger partial charge >= 0.3 is 5.97 Å². The Morgan fingerprint density at radius 1 is 1.80 bits per heavy atom. The number of halogens is 1. The van der Waals surface area contributed by atoms with Crippen molar-refractivity contribution in [2.24, 2.45) is 0 Å². The summed E-state index contributed by atoms with van der Waals surface area (Å²) in [7, 11) is 0. The SMILES string of the molecule is [2H]CC(=O)N(Cl)[C@@H](C)C(=O)O. The van der Waals surface area contributed by atoms with Gasteiger partial charge in [-0.2, -0.15) is 0 Å². The molecule has 0 spiro atoms. The Hall–Kier alpha value is -0.770. The number of rotatable bonds is 2. The van der Waals surface area contributed by atoms with E-state index in [-0.39, 0.29) is 0 Å². The number of hydrogen-bond donors (Lipinski definition) is 1. The predicted molar refractivity (Wildman–Crippen MR) is 35.5 cm³/mol. The van der Waals surface area contributed by atoms with Gasteiger partial charge in [0.25, 0.3) is 0 Å². The van der Waals surface area contributed by atoms with Gasteiger partial charge in [0.05, 0.1) is 0 Å². The van der Waals surface area contributed by atoms with Crippen LogP contribution in [0.3, 0.4) is 0 Å². The van der Waals surface area contributed by atoms with Gasteiger partial charge in [-0.3, -0.25) is 4.79 Å². The molecule has 0 unspecified atom stereocenters. The zero-order valence-corrected chi connectivity index (χ0v) is 6.13. The van der Waals surface area contributed by atoms with Crippen molar-refractivity contribution < 1.29 is 16.1 Å². The zero-order valence-electron chi connectivity index (χ0n) is 6.37. The number of carboxylic acids is 1. The van der Waals surface area contributed by atoms with Crippen LogP contribution in [0.5, 0.6) is 0 Å². The summed E-state index contributed by atoms with van der Waals surface area (Å²) in [5.41, 5.74) is 0. The monoisotopic (exact) mass is 166 g/mol. The van der Waals surface area contributed by atoms with Gasteiger partial charge in [0.15, 0.2) is 0 Å². The van der Waals surface area contributed by atoms with E-state index in [0.29, 0.717) is 4.42 Å². The van der Waals surface area contributed by atoms with E-state index in [4.69, 9.17) is 18.3 Å². The fraction of sp³-hybridized carbons (Fsp3) is 0.600. The number of nitrogens with zero attached hydrogens (tertiary/aromatic N) is 1. The van der Waals surface area contributed by atoms with Crippen molar-refractivity contribution >= 4 is 23.7 Å². The van der Waals surface area contributed by atoms with E-state index in [9.17, 15) is 9.59 Å². The highest BCUT2D eigenvalue weighted by Crippen LogP contribution is 2.02. The lowest BCUT2D eigenvalue weighted by atomic mass is 10.3. The molecule has 1 N–H and O–H groups in total. The van der Waals surface area contributed by atoms with Crippen LogP contribution in [0.25, 0.3) is 0 Å². The summed E-state index contributed by atoms with van der Waals surface area (Å²) in [5, 5.41) is 8.36. The van der Waals surface area contributed by atoms with Crippen LogP contribution in [0.2, 0.25) is 0 Å². The Morgan fingerprint density at radius 2 is 2.30 bits per heavy atom. The van der Waals surface area contributed by atoms with Crippen molar-refractivity contribution in [3.05, 3.63) is 0 Å². The molecule has 0 aromatic rings. The number of carbonyl (C=O) groups is 2. The molecule has 0 aliphatic carbocycles. The highest BCUT2D eigenvalue weighted by Gasteiger charge is 2.20. The van der Waals surface area contributed by atoms with Crippen LogP contribution in [0.1, 0.15) is 15.2 Å². The smallest absolute Gasteiger partial charge is 0.327 e. The third-order valence-electron chi connectivity index (χ3n) is 0.936. The van der Waals surface area contributed by atoms with E-state index in [2.05, 4.69) is 0 Å². The topological polar surface area (TPSA) is 57.6 Å². The fourth-order valence-corrected chi connectivity index (χ4v) is 0.396. The predicted octanol–water partition coefficient (Wildman–Crippen LogP) is 0.462. The van der Waals surface area contributed by atoms with Crippen molar-refractivity contribution in [3.8, 4) is 0 Å². The maximum absolute atomic E-state index is 10.6. The Balaban J connectivity index is 4.12. The molecule has 1 atom stereocenters. The summed E-state index contributed by atoms with van der Waals surface area (Å²) in [6.07, 6.45) is 0. The summed E-state index contributed by atoms with van der Waals surface area (Å²) in [6.45, 7) is 0.726. The number of hydrogen-bond acceptors (Lipinski definition) is 2. The van der Waals surface area contributed by atoms with Gasteiger partial charge in [-0.25, -0.2) is 9.21 Å². The zero-order chi connectivity index (χ0) is 9.02. The first kappa shape index (κ1) is 7.34. The first-order chi connectivity index (χ1) is 5.00. The van der Waals surface area contributed by atoms with Crippen molar-refractivity contribution in [2.45, 2.75) is 19.9 Å². The molecule has 0 rings (SSSR count). The van der Waals surface area contributed by atoms with Crippen LogP contribution in [0.15, 0.2) is 0 Å². The highest BCUT2D eigenvalue weighted by molar-refractivity contribution is 6.22. The standard InChI is InChI=1S/C5H8ClNO3/c1-3(5(9)10)7(6)4(2)8/h3H,1-2H3,(H,9,10)/t3-/m0/s1/i2D. The first-order valence-electron chi connectivity index (χ1n) is 3.21. The minimum Gasteiger partial charge on any atom is -0.480 e. The molecular formula is C5H8ClNO3. The van der Waals surface area contributed by atoms with E-state index in [1.165, 1.54) is 6.92 Å². The summed E-state index contributed by atoms with van der Waals surface area (Å²) < 4.78 is 7.11. The molecule has 0 radical (unpaired) electrons. The Kier molecular flexibility index (Phi) is 2.50. The Bertz CT molecular complexity index is 175. The van der Waals surface area contributed by atoms with Gasteiger partial charge < -0.3 is 5.11 Å². The summed E-state index contributed by atoms with van der Waals surface area (Å²) in [4.78, 5) is 20.8. The summed E-state index contributed by atoms with van der Waals surface area (Å²) in [6, 6.07) is -1.09. The van der Waals surface area contributed by atoms with Crippen molar-refractivity contribution in [3.63, 3.8) is 0 Å². The average Bonchev–Trinajstić information content (AvgIpc) is 2.00. The lowest BCUT2D eigenvalue weighted by Crippen LogP contribution is -2.34. The largest absolute Gasteiger partial charge is 0.480 e. The highest BCUT2D eigenvalue weighted by atomic mass is 35.5. The van der Waals surface area contributed by atoms with Gasteiger partial charge in [0.2, 0.25) is 5.91 Å². The molecule has 58 valence electrons. The van der Waals surface area contributed by atoms with Crippen molar-refractivity contribution in [1.29, 1.82) is 0 Å². The van der Waals surface area contributed by atoms with E-state index in [1.807, 2.05) is 0 Å². The van der Waals surface area contributed by atoms with Gasteiger partial charge in [0.1, 0.15) is 6.04 Å². The first-order valence-corrected chi connectivity index (χ1v) is 2.84. The molecule has 1 amide bonds. The molecule has 0 aliphatic heterocycles. The second-order valence-corrected chi connectivity index (χ2v) is 2.08. The van der Waals surface area contributed by atoms with Gasteiger partial charge in [-0.1, -0.05) is 0 Å². The molecular weight excluding hydrogens is 158 g/mol. The lowest BCUT2D eigenvalue weighted by molar-refractivity contribution is -0.144. The molecule has 0 aromatic carbocycles. The average molecular weight is 167 g/mol. The van der Waals surface area contributed by atoms with Crippen LogP contribution in [0.4, 0.5) is 0 Å². The normalized spacial score (nSPS) is 13.6. The summed E-state index contributed by atoms with van der Waals surface area (Å²) >= 11 is 5.26. The molecule has 0 heterocycles. The van der Waals surface area contributed by atoms with Gasteiger partial charge in [0, 0.05) is 20.0 Å². The molecule has 0 saturated heterocycles. The molecule has 0 aliphatic rings. The van der Waals surface area contributed by atoms with Crippen LogP contribution in [-0.4, -0.2) is 27.4 Å². The number of carbonyl (C=O) groups excluding carboxylic acids is 1. The third kappa shape index (κ3) is 2.23. The molecule has 0 aromatic heterocycles. The molecule has 4 nitrogen and oxygen atoms in total. The van der Waals surface area contributed by atoms with E-state index in [0.717, 1.165) is 0 Å².